The molecule has 0 spiro atoms. The van der Waals surface area contributed by atoms with E-state index in [1.165, 1.54) is 10.8 Å². The summed E-state index contributed by atoms with van der Waals surface area (Å²) >= 11 is 0. The van der Waals surface area contributed by atoms with Crippen molar-refractivity contribution in [1.82, 2.24) is 4.90 Å². The number of benzene rings is 4. The monoisotopic (exact) mass is 576 g/mol. The van der Waals surface area contributed by atoms with Crippen molar-refractivity contribution < 1.29 is 17.9 Å². The number of nitrogens with zero attached hydrogens (tertiary/aromatic N) is 2. The van der Waals surface area contributed by atoms with E-state index in [0.717, 1.165) is 33.8 Å². The fourth-order valence-electron chi connectivity index (χ4n) is 4.41. The Hall–Kier alpha value is -3.40. The number of rotatable bonds is 8. The lowest BCUT2D eigenvalue weighted by atomic mass is 9.95. The number of ether oxygens (including phenoxy) is 2. The summed E-state index contributed by atoms with van der Waals surface area (Å²) in [5.41, 5.74) is 3.96. The summed E-state index contributed by atoms with van der Waals surface area (Å²) < 4.78 is 42.2. The second-order valence-corrected chi connectivity index (χ2v) is 12.9. The summed E-state index contributed by atoms with van der Waals surface area (Å²) in [5.74, 6) is 1.48. The van der Waals surface area contributed by atoms with E-state index in [4.69, 9.17) is 9.47 Å². The van der Waals surface area contributed by atoms with E-state index >= 15 is 0 Å². The molecule has 4 aromatic carbocycles. The van der Waals surface area contributed by atoms with Gasteiger partial charge in [-0.15, -0.1) is 4.40 Å². The Bertz CT molecular complexity index is 1510. The topological polar surface area (TPSA) is 68.2 Å². The van der Waals surface area contributed by atoms with Crippen molar-refractivity contribution in [2.45, 2.75) is 23.2 Å². The summed E-state index contributed by atoms with van der Waals surface area (Å²) in [6, 6.07) is 32.5. The second kappa shape index (κ2) is 11.4. The Balaban J connectivity index is 1.70. The fraction of sp³-hybridized carbons (Fsp3) is 0.167. The summed E-state index contributed by atoms with van der Waals surface area (Å²) in [6.45, 7) is 2.37. The molecular weight excluding hydrogens is 549 g/mol. The average molecular weight is 577 g/mol. The molecule has 0 N–H and O–H groups in total. The van der Waals surface area contributed by atoms with Crippen LogP contribution in [0.1, 0.15) is 22.3 Å². The van der Waals surface area contributed by atoms with Crippen LogP contribution in [0.25, 0.3) is 0 Å². The van der Waals surface area contributed by atoms with Gasteiger partial charge < -0.3 is 14.4 Å². The van der Waals surface area contributed by atoms with Crippen LogP contribution < -0.4 is 9.47 Å². The highest BCUT2D eigenvalue weighted by Crippen LogP contribution is 2.59. The summed E-state index contributed by atoms with van der Waals surface area (Å²) in [7, 11) is 2.25. The molecular formula is C30H28N2O4S3. The molecule has 4 aromatic rings. The molecule has 5 rings (SSSR count). The van der Waals surface area contributed by atoms with Crippen molar-refractivity contribution in [2.75, 3.05) is 14.2 Å². The third kappa shape index (κ3) is 5.52. The number of sulfonamides is 1. The van der Waals surface area contributed by atoms with Crippen LogP contribution >= 0.6 is 21.6 Å². The quantitative estimate of drug-likeness (QED) is 0.212. The predicted molar refractivity (Wildman–Crippen MR) is 160 cm³/mol. The molecule has 0 saturated carbocycles. The van der Waals surface area contributed by atoms with E-state index in [2.05, 4.69) is 9.30 Å². The Morgan fingerprint density at radius 2 is 1.31 bits per heavy atom. The van der Waals surface area contributed by atoms with Gasteiger partial charge in [-0.05, 0) is 81.6 Å². The number of aryl methyl sites for hydroxylation is 1. The van der Waals surface area contributed by atoms with Crippen LogP contribution in [0.15, 0.2) is 112 Å². The third-order valence-corrected chi connectivity index (χ3v) is 10.8. The normalized spacial score (nSPS) is 15.9. The molecule has 1 fully saturated rings. The first kappa shape index (κ1) is 27.2. The van der Waals surface area contributed by atoms with Crippen molar-refractivity contribution in [3.63, 3.8) is 0 Å². The molecule has 0 amide bonds. The van der Waals surface area contributed by atoms with Gasteiger partial charge in [0.25, 0.3) is 10.0 Å². The van der Waals surface area contributed by atoms with Gasteiger partial charge in [0, 0.05) is 6.54 Å². The van der Waals surface area contributed by atoms with Gasteiger partial charge in [-0.2, -0.15) is 8.42 Å². The Kier molecular flexibility index (Phi) is 7.93. The minimum atomic E-state index is -3.95. The molecule has 1 aliphatic heterocycles. The molecule has 9 heteroatoms. The minimum Gasteiger partial charge on any atom is -0.497 e. The van der Waals surface area contributed by atoms with Crippen molar-refractivity contribution in [3.05, 3.63) is 125 Å². The van der Waals surface area contributed by atoms with Gasteiger partial charge in [-0.3, -0.25) is 0 Å². The zero-order valence-corrected chi connectivity index (χ0v) is 24.2. The lowest BCUT2D eigenvalue weighted by Crippen LogP contribution is -2.42. The van der Waals surface area contributed by atoms with Crippen LogP contribution in [0, 0.1) is 6.92 Å². The summed E-state index contributed by atoms with van der Waals surface area (Å²) in [6.07, 6.45) is 0. The molecule has 1 saturated heterocycles. The number of hydrogen-bond donors (Lipinski definition) is 0. The van der Waals surface area contributed by atoms with Crippen LogP contribution in [0.5, 0.6) is 11.5 Å². The van der Waals surface area contributed by atoms with Gasteiger partial charge in [0.15, 0.2) is 5.17 Å². The van der Waals surface area contributed by atoms with E-state index in [9.17, 15) is 8.42 Å². The maximum atomic E-state index is 13.5. The third-order valence-electron chi connectivity index (χ3n) is 6.51. The van der Waals surface area contributed by atoms with Gasteiger partial charge >= 0.3 is 0 Å². The molecule has 0 aliphatic carbocycles. The van der Waals surface area contributed by atoms with Gasteiger partial charge in [0.05, 0.1) is 19.1 Å². The maximum Gasteiger partial charge on any atom is 0.284 e. The van der Waals surface area contributed by atoms with Crippen LogP contribution in [0.3, 0.4) is 0 Å². The highest BCUT2D eigenvalue weighted by molar-refractivity contribution is 8.83. The number of amidine groups is 1. The van der Waals surface area contributed by atoms with Gasteiger partial charge in [-0.1, -0.05) is 72.3 Å². The lowest BCUT2D eigenvalue weighted by molar-refractivity contribution is 0.325. The molecule has 39 heavy (non-hydrogen) atoms. The van der Waals surface area contributed by atoms with Gasteiger partial charge in [-0.25, -0.2) is 0 Å². The Morgan fingerprint density at radius 3 is 1.82 bits per heavy atom. The zero-order chi connectivity index (χ0) is 27.5. The van der Waals surface area contributed by atoms with E-state index in [1.807, 2.05) is 85.8 Å². The Labute approximate surface area is 237 Å². The second-order valence-electron chi connectivity index (χ2n) is 9.00. The van der Waals surface area contributed by atoms with Crippen LogP contribution in [-0.4, -0.2) is 32.7 Å². The standard InChI is InChI=1S/C30H28N2O4S3/c1-22-9-19-28(20-10-22)39(33,34)31-29-32(21-23-7-5-4-6-8-23)30(38-37-29,24-11-15-26(35-2)16-12-24)25-13-17-27(36-3)18-14-25/h4-20H,21H2,1-3H3/b31-29-. The average Bonchev–Trinajstić information content (AvgIpc) is 3.31. The largest absolute Gasteiger partial charge is 0.497 e. The Morgan fingerprint density at radius 1 is 0.769 bits per heavy atom. The first-order valence-electron chi connectivity index (χ1n) is 12.2. The van der Waals surface area contributed by atoms with Crippen LogP contribution in [-0.2, 0) is 21.4 Å². The van der Waals surface area contributed by atoms with Crippen molar-refractivity contribution in [3.8, 4) is 11.5 Å². The molecule has 200 valence electrons. The molecule has 0 bridgehead atoms. The van der Waals surface area contributed by atoms with Gasteiger partial charge in [0.1, 0.15) is 16.4 Å². The van der Waals surface area contributed by atoms with Crippen molar-refractivity contribution in [1.29, 1.82) is 0 Å². The lowest BCUT2D eigenvalue weighted by Gasteiger charge is -2.39. The SMILES string of the molecule is COc1ccc(C2(c3ccc(OC)cc3)SS/C(=N\S(=O)(=O)c3ccc(C)cc3)N2Cc2ccccc2)cc1. The summed E-state index contributed by atoms with van der Waals surface area (Å²) in [5, 5.41) is 0.413. The molecule has 6 nitrogen and oxygen atoms in total. The van der Waals surface area contributed by atoms with E-state index < -0.39 is 14.9 Å². The van der Waals surface area contributed by atoms with E-state index in [1.54, 1.807) is 49.3 Å². The molecule has 0 atom stereocenters. The zero-order valence-electron chi connectivity index (χ0n) is 21.8. The molecule has 1 heterocycles. The fourth-order valence-corrected chi connectivity index (χ4v) is 8.94. The number of hydrogen-bond acceptors (Lipinski definition) is 6. The van der Waals surface area contributed by atoms with Crippen molar-refractivity contribution >= 4 is 36.8 Å². The highest BCUT2D eigenvalue weighted by atomic mass is 33.1. The van der Waals surface area contributed by atoms with E-state index in [0.29, 0.717) is 11.7 Å². The number of methoxy groups -OCH3 is 2. The first-order valence-corrected chi connectivity index (χ1v) is 15.8. The predicted octanol–water partition coefficient (Wildman–Crippen LogP) is 6.86. The van der Waals surface area contributed by atoms with Crippen LogP contribution in [0.2, 0.25) is 0 Å². The van der Waals surface area contributed by atoms with Crippen molar-refractivity contribution in [2.24, 2.45) is 4.40 Å². The maximum absolute atomic E-state index is 13.5. The first-order chi connectivity index (χ1) is 18.9. The van der Waals surface area contributed by atoms with Crippen LogP contribution in [0.4, 0.5) is 0 Å². The molecule has 0 radical (unpaired) electrons. The molecule has 1 aliphatic rings. The minimum absolute atomic E-state index is 0.164. The van der Waals surface area contributed by atoms with E-state index in [-0.39, 0.29) is 4.90 Å². The molecule has 0 aromatic heterocycles. The molecule has 0 unspecified atom stereocenters. The van der Waals surface area contributed by atoms with Gasteiger partial charge in [0.2, 0.25) is 0 Å². The smallest absolute Gasteiger partial charge is 0.284 e. The summed E-state index contributed by atoms with van der Waals surface area (Å²) in [4.78, 5) is 1.46. The highest BCUT2D eigenvalue weighted by Gasteiger charge is 2.49.